The number of nitrogens with zero attached hydrogens (tertiary/aromatic N) is 1. The number of benzene rings is 1. The van der Waals surface area contributed by atoms with E-state index in [2.05, 4.69) is 42.3 Å². The lowest BCUT2D eigenvalue weighted by atomic mass is 10.2. The number of hydrogen-bond acceptors (Lipinski definition) is 3. The van der Waals surface area contributed by atoms with Gasteiger partial charge >= 0.3 is 0 Å². The summed E-state index contributed by atoms with van der Waals surface area (Å²) in [6.45, 7) is 8.16. The highest BCUT2D eigenvalue weighted by Gasteiger charge is 2.17. The molecule has 0 fully saturated rings. The van der Waals surface area contributed by atoms with Gasteiger partial charge in [0.25, 0.3) is 0 Å². The zero-order valence-electron chi connectivity index (χ0n) is 10.1. The standard InChI is InChI=1S/C13H20N2O/c1-3-7-15-8-9-16-13-10-11(14-4-2)5-6-12(13)15/h5-6,10,14H,3-4,7-9H2,1-2H3. The zero-order chi connectivity index (χ0) is 11.4. The molecule has 0 atom stereocenters. The summed E-state index contributed by atoms with van der Waals surface area (Å²) in [6, 6.07) is 6.38. The zero-order valence-corrected chi connectivity index (χ0v) is 10.1. The first kappa shape index (κ1) is 11.1. The van der Waals surface area contributed by atoms with Crippen molar-refractivity contribution < 1.29 is 4.74 Å². The molecule has 0 amide bonds. The molecule has 2 rings (SSSR count). The van der Waals surface area contributed by atoms with Gasteiger partial charge in [-0.2, -0.15) is 0 Å². The van der Waals surface area contributed by atoms with E-state index in [-0.39, 0.29) is 0 Å². The van der Waals surface area contributed by atoms with Crippen molar-refractivity contribution in [3.8, 4) is 5.75 Å². The third-order valence-corrected chi connectivity index (χ3v) is 2.79. The van der Waals surface area contributed by atoms with Gasteiger partial charge in [-0.25, -0.2) is 0 Å². The number of hydrogen-bond donors (Lipinski definition) is 1. The van der Waals surface area contributed by atoms with Crippen molar-refractivity contribution >= 4 is 11.4 Å². The third kappa shape index (κ3) is 2.23. The maximum Gasteiger partial charge on any atom is 0.144 e. The Kier molecular flexibility index (Phi) is 3.54. The molecule has 0 aliphatic carbocycles. The van der Waals surface area contributed by atoms with E-state index < -0.39 is 0 Å². The molecule has 0 unspecified atom stereocenters. The van der Waals surface area contributed by atoms with Crippen LogP contribution in [0.2, 0.25) is 0 Å². The predicted octanol–water partition coefficient (Wildman–Crippen LogP) is 2.73. The second kappa shape index (κ2) is 5.10. The van der Waals surface area contributed by atoms with Gasteiger partial charge in [0, 0.05) is 24.8 Å². The van der Waals surface area contributed by atoms with Crippen LogP contribution in [0.5, 0.6) is 5.75 Å². The van der Waals surface area contributed by atoms with E-state index >= 15 is 0 Å². The van der Waals surface area contributed by atoms with Crippen LogP contribution in [-0.4, -0.2) is 26.2 Å². The summed E-state index contributed by atoms with van der Waals surface area (Å²) < 4.78 is 5.71. The summed E-state index contributed by atoms with van der Waals surface area (Å²) in [5, 5.41) is 3.31. The van der Waals surface area contributed by atoms with Crippen molar-refractivity contribution in [3.05, 3.63) is 18.2 Å². The van der Waals surface area contributed by atoms with Gasteiger partial charge in [0.05, 0.1) is 12.2 Å². The highest BCUT2D eigenvalue weighted by atomic mass is 16.5. The van der Waals surface area contributed by atoms with Crippen LogP contribution in [0.1, 0.15) is 20.3 Å². The van der Waals surface area contributed by atoms with Crippen molar-refractivity contribution in [1.82, 2.24) is 0 Å². The lowest BCUT2D eigenvalue weighted by molar-refractivity contribution is 0.307. The monoisotopic (exact) mass is 220 g/mol. The SMILES string of the molecule is CCCN1CCOc2cc(NCC)ccc21. The van der Waals surface area contributed by atoms with Gasteiger partial charge in [-0.3, -0.25) is 0 Å². The Hall–Kier alpha value is -1.38. The van der Waals surface area contributed by atoms with Crippen LogP contribution in [0.4, 0.5) is 11.4 Å². The predicted molar refractivity (Wildman–Crippen MR) is 68.6 cm³/mol. The summed E-state index contributed by atoms with van der Waals surface area (Å²) >= 11 is 0. The van der Waals surface area contributed by atoms with E-state index in [1.165, 1.54) is 12.1 Å². The van der Waals surface area contributed by atoms with E-state index in [1.807, 2.05) is 0 Å². The molecular weight excluding hydrogens is 200 g/mol. The van der Waals surface area contributed by atoms with Gasteiger partial charge in [0.1, 0.15) is 12.4 Å². The fourth-order valence-electron chi connectivity index (χ4n) is 2.09. The number of anilines is 2. The molecule has 0 spiro atoms. The molecule has 3 nitrogen and oxygen atoms in total. The average Bonchev–Trinajstić information content (AvgIpc) is 2.30. The third-order valence-electron chi connectivity index (χ3n) is 2.79. The maximum absolute atomic E-state index is 5.71. The Bertz CT molecular complexity index is 352. The summed E-state index contributed by atoms with van der Waals surface area (Å²) in [5.41, 5.74) is 2.37. The lowest BCUT2D eigenvalue weighted by Crippen LogP contribution is -2.33. The second-order valence-corrected chi connectivity index (χ2v) is 4.05. The molecule has 88 valence electrons. The Morgan fingerprint density at radius 1 is 1.38 bits per heavy atom. The molecule has 16 heavy (non-hydrogen) atoms. The Balaban J connectivity index is 2.22. The Morgan fingerprint density at radius 2 is 2.25 bits per heavy atom. The minimum atomic E-state index is 0.794. The first-order chi connectivity index (χ1) is 7.85. The molecule has 0 saturated carbocycles. The summed E-state index contributed by atoms with van der Waals surface area (Å²) in [5.74, 6) is 1.01. The van der Waals surface area contributed by atoms with Crippen LogP contribution in [0.3, 0.4) is 0 Å². The fraction of sp³-hybridized carbons (Fsp3) is 0.538. The summed E-state index contributed by atoms with van der Waals surface area (Å²) in [7, 11) is 0. The van der Waals surface area contributed by atoms with Gasteiger partial charge in [-0.05, 0) is 25.5 Å². The van der Waals surface area contributed by atoms with E-state index in [4.69, 9.17) is 4.74 Å². The quantitative estimate of drug-likeness (QED) is 0.844. The minimum Gasteiger partial charge on any atom is -0.489 e. The normalized spacial score (nSPS) is 14.2. The Morgan fingerprint density at radius 3 is 3.00 bits per heavy atom. The first-order valence-electron chi connectivity index (χ1n) is 6.10. The van der Waals surface area contributed by atoms with Crippen molar-refractivity contribution in [2.45, 2.75) is 20.3 Å². The molecule has 1 aromatic carbocycles. The van der Waals surface area contributed by atoms with Gasteiger partial charge in [-0.1, -0.05) is 6.92 Å². The molecule has 1 aliphatic rings. The van der Waals surface area contributed by atoms with Crippen LogP contribution in [-0.2, 0) is 0 Å². The van der Waals surface area contributed by atoms with Gasteiger partial charge < -0.3 is 15.0 Å². The molecular formula is C13H20N2O. The number of ether oxygens (including phenoxy) is 1. The minimum absolute atomic E-state index is 0.794. The van der Waals surface area contributed by atoms with Crippen molar-refractivity contribution in [3.63, 3.8) is 0 Å². The van der Waals surface area contributed by atoms with Crippen LogP contribution < -0.4 is 15.0 Å². The number of fused-ring (bicyclic) bond motifs is 1. The van der Waals surface area contributed by atoms with Gasteiger partial charge in [0.2, 0.25) is 0 Å². The summed E-state index contributed by atoms with van der Waals surface area (Å²) in [6.07, 6.45) is 1.18. The molecule has 0 aromatic heterocycles. The van der Waals surface area contributed by atoms with E-state index in [0.717, 1.165) is 37.7 Å². The average molecular weight is 220 g/mol. The highest BCUT2D eigenvalue weighted by Crippen LogP contribution is 2.33. The van der Waals surface area contributed by atoms with Crippen LogP contribution >= 0.6 is 0 Å². The molecule has 0 saturated heterocycles. The lowest BCUT2D eigenvalue weighted by Gasteiger charge is -2.31. The molecule has 0 bridgehead atoms. The number of rotatable bonds is 4. The molecule has 1 heterocycles. The molecule has 0 radical (unpaired) electrons. The number of nitrogens with one attached hydrogen (secondary N) is 1. The van der Waals surface area contributed by atoms with Crippen LogP contribution in [0.25, 0.3) is 0 Å². The fourth-order valence-corrected chi connectivity index (χ4v) is 2.09. The first-order valence-corrected chi connectivity index (χ1v) is 6.10. The van der Waals surface area contributed by atoms with E-state index in [0.29, 0.717) is 0 Å². The van der Waals surface area contributed by atoms with Crippen molar-refractivity contribution in [2.24, 2.45) is 0 Å². The molecule has 1 aromatic rings. The van der Waals surface area contributed by atoms with Crippen molar-refractivity contribution in [2.75, 3.05) is 36.5 Å². The largest absolute Gasteiger partial charge is 0.489 e. The second-order valence-electron chi connectivity index (χ2n) is 4.05. The smallest absolute Gasteiger partial charge is 0.144 e. The van der Waals surface area contributed by atoms with Crippen LogP contribution in [0, 0.1) is 0 Å². The molecule has 1 N–H and O–H groups in total. The maximum atomic E-state index is 5.71. The highest BCUT2D eigenvalue weighted by molar-refractivity contribution is 5.66. The van der Waals surface area contributed by atoms with Crippen LogP contribution in [0.15, 0.2) is 18.2 Å². The topological polar surface area (TPSA) is 24.5 Å². The van der Waals surface area contributed by atoms with Crippen molar-refractivity contribution in [1.29, 1.82) is 0 Å². The molecule has 1 aliphatic heterocycles. The van der Waals surface area contributed by atoms with Gasteiger partial charge in [0.15, 0.2) is 0 Å². The summed E-state index contributed by atoms with van der Waals surface area (Å²) in [4.78, 5) is 2.40. The van der Waals surface area contributed by atoms with Gasteiger partial charge in [-0.15, -0.1) is 0 Å². The molecule has 3 heteroatoms. The van der Waals surface area contributed by atoms with E-state index in [9.17, 15) is 0 Å². The Labute approximate surface area is 97.4 Å². The van der Waals surface area contributed by atoms with E-state index in [1.54, 1.807) is 0 Å².